The van der Waals surface area contributed by atoms with Crippen LogP contribution < -0.4 is 15.0 Å². The summed E-state index contributed by atoms with van der Waals surface area (Å²) in [5, 5.41) is 13.9. The van der Waals surface area contributed by atoms with Gasteiger partial charge in [0.25, 0.3) is 5.56 Å². The van der Waals surface area contributed by atoms with Crippen molar-refractivity contribution in [3.05, 3.63) is 75.3 Å². The molecule has 1 aliphatic carbocycles. The van der Waals surface area contributed by atoms with Gasteiger partial charge < -0.3 is 14.5 Å². The van der Waals surface area contributed by atoms with Crippen molar-refractivity contribution in [3.8, 4) is 11.5 Å². The summed E-state index contributed by atoms with van der Waals surface area (Å²) in [6, 6.07) is 14.7. The molecular formula is C29H34N6O3. The van der Waals surface area contributed by atoms with E-state index in [-0.39, 0.29) is 18.4 Å². The van der Waals surface area contributed by atoms with Crippen LogP contribution in [-0.2, 0) is 13.0 Å². The van der Waals surface area contributed by atoms with E-state index >= 15 is 0 Å². The summed E-state index contributed by atoms with van der Waals surface area (Å²) < 4.78 is 13.1. The van der Waals surface area contributed by atoms with Gasteiger partial charge in [0.15, 0.2) is 17.3 Å². The van der Waals surface area contributed by atoms with Crippen LogP contribution in [-0.4, -0.2) is 43.4 Å². The van der Waals surface area contributed by atoms with Gasteiger partial charge in [0, 0.05) is 30.1 Å². The number of pyridine rings is 1. The van der Waals surface area contributed by atoms with Gasteiger partial charge in [-0.1, -0.05) is 49.6 Å². The maximum Gasteiger partial charge on any atom is 0.252 e. The minimum absolute atomic E-state index is 0.0118. The van der Waals surface area contributed by atoms with Crippen molar-refractivity contribution in [1.29, 1.82) is 0 Å². The Balaban J connectivity index is 1.34. The number of aromatic nitrogens is 5. The van der Waals surface area contributed by atoms with Gasteiger partial charge in [0.05, 0.1) is 17.6 Å². The minimum atomic E-state index is -0.0952. The molecule has 0 spiro atoms. The fraction of sp³-hybridized carbons (Fsp3) is 0.448. The molecule has 4 aromatic rings. The highest BCUT2D eigenvalue weighted by Gasteiger charge is 2.29. The maximum atomic E-state index is 13.3. The third-order valence-electron chi connectivity index (χ3n) is 7.87. The van der Waals surface area contributed by atoms with Crippen LogP contribution in [0.4, 0.5) is 0 Å². The first kappa shape index (κ1) is 24.6. The summed E-state index contributed by atoms with van der Waals surface area (Å²) >= 11 is 0. The maximum absolute atomic E-state index is 13.3. The number of benzene rings is 2. The van der Waals surface area contributed by atoms with E-state index in [1.165, 1.54) is 24.0 Å². The highest BCUT2D eigenvalue weighted by Crippen LogP contribution is 2.36. The third kappa shape index (κ3) is 4.90. The number of ether oxygens (including phenoxy) is 2. The molecule has 198 valence electrons. The largest absolute Gasteiger partial charge is 0.454 e. The molecule has 0 bridgehead atoms. The summed E-state index contributed by atoms with van der Waals surface area (Å²) in [7, 11) is 0. The number of aryl methyl sites for hydroxylation is 1. The van der Waals surface area contributed by atoms with Crippen LogP contribution in [0.15, 0.2) is 47.3 Å². The molecule has 38 heavy (non-hydrogen) atoms. The smallest absolute Gasteiger partial charge is 0.252 e. The Kier molecular flexibility index (Phi) is 6.84. The molecular weight excluding hydrogens is 480 g/mol. The van der Waals surface area contributed by atoms with Crippen molar-refractivity contribution in [2.75, 3.05) is 13.3 Å². The van der Waals surface area contributed by atoms with E-state index in [1.54, 1.807) is 0 Å². The van der Waals surface area contributed by atoms with Crippen molar-refractivity contribution in [2.45, 2.75) is 71.0 Å². The number of tetrazole rings is 1. The molecule has 1 unspecified atom stereocenters. The van der Waals surface area contributed by atoms with Crippen LogP contribution in [0.2, 0.25) is 0 Å². The number of nitrogens with one attached hydrogen (secondary N) is 1. The van der Waals surface area contributed by atoms with E-state index in [9.17, 15) is 4.79 Å². The van der Waals surface area contributed by atoms with Crippen LogP contribution in [0.3, 0.4) is 0 Å². The van der Waals surface area contributed by atoms with Gasteiger partial charge in [-0.05, 0) is 60.7 Å². The molecule has 2 aliphatic rings. The topological polar surface area (TPSA) is 98.2 Å². The van der Waals surface area contributed by atoms with E-state index in [2.05, 4.69) is 63.5 Å². The van der Waals surface area contributed by atoms with Gasteiger partial charge in [0.1, 0.15) is 0 Å². The second-order valence-corrected chi connectivity index (χ2v) is 10.5. The van der Waals surface area contributed by atoms with E-state index in [0.29, 0.717) is 29.6 Å². The lowest BCUT2D eigenvalue weighted by Gasteiger charge is -2.31. The van der Waals surface area contributed by atoms with E-state index in [0.717, 1.165) is 49.0 Å². The molecule has 6 rings (SSSR count). The van der Waals surface area contributed by atoms with Gasteiger partial charge in [-0.25, -0.2) is 4.68 Å². The fourth-order valence-electron chi connectivity index (χ4n) is 5.90. The SMILES string of the molecule is CCC(c1nnnn1C1CCCC1)N(CCc1cccc(C)c1)Cc1cc2cc3c(cc2[nH]c1=O)OCO3. The Bertz CT molecular complexity index is 1490. The molecule has 1 atom stereocenters. The van der Waals surface area contributed by atoms with Crippen molar-refractivity contribution in [3.63, 3.8) is 0 Å². The predicted molar refractivity (Wildman–Crippen MR) is 144 cm³/mol. The summed E-state index contributed by atoms with van der Waals surface area (Å²) in [5.41, 5.74) is 3.88. The highest BCUT2D eigenvalue weighted by atomic mass is 16.7. The van der Waals surface area contributed by atoms with Gasteiger partial charge in [-0.2, -0.15) is 0 Å². The summed E-state index contributed by atoms with van der Waals surface area (Å²) in [6.45, 7) is 5.75. The Morgan fingerprint density at radius 2 is 1.95 bits per heavy atom. The lowest BCUT2D eigenvalue weighted by atomic mass is 10.1. The first-order valence-electron chi connectivity index (χ1n) is 13.6. The lowest BCUT2D eigenvalue weighted by Crippen LogP contribution is -2.34. The van der Waals surface area contributed by atoms with Crippen molar-refractivity contribution >= 4 is 10.9 Å². The molecule has 9 heteroatoms. The predicted octanol–water partition coefficient (Wildman–Crippen LogP) is 4.86. The van der Waals surface area contributed by atoms with E-state index in [4.69, 9.17) is 9.47 Å². The number of aromatic amines is 1. The second kappa shape index (κ2) is 10.6. The number of fused-ring (bicyclic) bond motifs is 2. The molecule has 3 heterocycles. The van der Waals surface area contributed by atoms with E-state index < -0.39 is 0 Å². The fourth-order valence-corrected chi connectivity index (χ4v) is 5.90. The first-order valence-corrected chi connectivity index (χ1v) is 13.6. The van der Waals surface area contributed by atoms with Crippen LogP contribution in [0.1, 0.15) is 73.6 Å². The van der Waals surface area contributed by atoms with Gasteiger partial charge >= 0.3 is 0 Å². The Hall–Kier alpha value is -3.72. The summed E-state index contributed by atoms with van der Waals surface area (Å²) in [5.74, 6) is 2.25. The van der Waals surface area contributed by atoms with Gasteiger partial charge in [-0.15, -0.1) is 5.10 Å². The standard InChI is InChI=1S/C29H34N6O3/c1-3-25(28-31-32-33-35(28)23-9-4-5-10-23)34(12-11-20-8-6-7-19(2)13-20)17-22-14-21-15-26-27(38-18-37-26)16-24(21)30-29(22)36/h6-8,13-16,23,25H,3-5,9-12,17-18H2,1-2H3,(H,30,36). The highest BCUT2D eigenvalue weighted by molar-refractivity contribution is 5.83. The van der Waals surface area contributed by atoms with Crippen LogP contribution in [0, 0.1) is 6.92 Å². The van der Waals surface area contributed by atoms with E-state index in [1.807, 2.05) is 22.9 Å². The van der Waals surface area contributed by atoms with Crippen molar-refractivity contribution < 1.29 is 9.47 Å². The molecule has 1 fully saturated rings. The molecule has 0 amide bonds. The van der Waals surface area contributed by atoms with Crippen LogP contribution in [0.25, 0.3) is 10.9 Å². The molecule has 2 aromatic heterocycles. The molecule has 1 N–H and O–H groups in total. The van der Waals surface area contributed by atoms with Crippen molar-refractivity contribution in [2.24, 2.45) is 0 Å². The van der Waals surface area contributed by atoms with Crippen molar-refractivity contribution in [1.82, 2.24) is 30.1 Å². The molecule has 1 saturated carbocycles. The molecule has 0 saturated heterocycles. The summed E-state index contributed by atoms with van der Waals surface area (Å²) in [6.07, 6.45) is 6.35. The third-order valence-corrected chi connectivity index (χ3v) is 7.87. The average Bonchev–Trinajstić information content (AvgIpc) is 3.68. The second-order valence-electron chi connectivity index (χ2n) is 10.5. The quantitative estimate of drug-likeness (QED) is 0.340. The average molecular weight is 515 g/mol. The molecule has 0 radical (unpaired) electrons. The zero-order valence-corrected chi connectivity index (χ0v) is 22.0. The van der Waals surface area contributed by atoms with Gasteiger partial charge in [-0.3, -0.25) is 9.69 Å². The monoisotopic (exact) mass is 514 g/mol. The molecule has 2 aromatic carbocycles. The minimum Gasteiger partial charge on any atom is -0.454 e. The zero-order valence-electron chi connectivity index (χ0n) is 22.0. The Morgan fingerprint density at radius 3 is 2.74 bits per heavy atom. The number of hydrogen-bond acceptors (Lipinski definition) is 7. The first-order chi connectivity index (χ1) is 18.6. The lowest BCUT2D eigenvalue weighted by molar-refractivity contribution is 0.169. The summed E-state index contributed by atoms with van der Waals surface area (Å²) in [4.78, 5) is 18.7. The number of H-pyrrole nitrogens is 1. The van der Waals surface area contributed by atoms with Crippen LogP contribution >= 0.6 is 0 Å². The van der Waals surface area contributed by atoms with Crippen LogP contribution in [0.5, 0.6) is 11.5 Å². The zero-order chi connectivity index (χ0) is 26.1. The molecule has 9 nitrogen and oxygen atoms in total. The van der Waals surface area contributed by atoms with Gasteiger partial charge in [0.2, 0.25) is 6.79 Å². The molecule has 1 aliphatic heterocycles. The normalized spacial score (nSPS) is 16.1. The Morgan fingerprint density at radius 1 is 1.13 bits per heavy atom. The number of hydrogen-bond donors (Lipinski definition) is 1. The Labute approximate surface area is 221 Å². The number of nitrogens with zero attached hydrogens (tertiary/aromatic N) is 5. The number of rotatable bonds is 9.